The van der Waals surface area contributed by atoms with E-state index in [1.165, 1.54) is 0 Å². The van der Waals surface area contributed by atoms with Gasteiger partial charge in [-0.05, 0) is 31.9 Å². The summed E-state index contributed by atoms with van der Waals surface area (Å²) in [5, 5.41) is 9.52. The molecule has 6 nitrogen and oxygen atoms in total. The van der Waals surface area contributed by atoms with Crippen LogP contribution in [0.1, 0.15) is 33.6 Å². The molecule has 0 aromatic carbocycles. The molecule has 0 spiro atoms. The van der Waals surface area contributed by atoms with Gasteiger partial charge < -0.3 is 9.80 Å². The maximum atomic E-state index is 12.7. The molecule has 2 aromatic heterocycles. The summed E-state index contributed by atoms with van der Waals surface area (Å²) >= 11 is 6.16. The fourth-order valence-corrected chi connectivity index (χ4v) is 3.74. The van der Waals surface area contributed by atoms with Crippen LogP contribution in [0.2, 0.25) is 5.15 Å². The van der Waals surface area contributed by atoms with Crippen LogP contribution in [0.4, 0.5) is 5.82 Å². The molecule has 3 heterocycles. The summed E-state index contributed by atoms with van der Waals surface area (Å²) in [5.74, 6) is 0.832. The molecule has 1 atom stereocenters. The van der Waals surface area contributed by atoms with Crippen LogP contribution in [0.15, 0.2) is 42.1 Å². The summed E-state index contributed by atoms with van der Waals surface area (Å²) in [5.41, 5.74) is 1.55. The van der Waals surface area contributed by atoms with Crippen molar-refractivity contribution in [2.45, 2.75) is 39.7 Å². The Morgan fingerprint density at radius 3 is 2.75 bits per heavy atom. The van der Waals surface area contributed by atoms with E-state index in [0.717, 1.165) is 35.1 Å². The number of anilines is 1. The van der Waals surface area contributed by atoms with Gasteiger partial charge in [-0.3, -0.25) is 9.78 Å². The molecule has 2 aliphatic rings. The molecule has 0 radical (unpaired) electrons. The summed E-state index contributed by atoms with van der Waals surface area (Å²) in [4.78, 5) is 21.3. The first-order valence-electron chi connectivity index (χ1n) is 9.84. The fraction of sp³-hybridized carbons (Fsp3) is 0.429. The average Bonchev–Trinajstić information content (AvgIpc) is 2.76. The summed E-state index contributed by atoms with van der Waals surface area (Å²) in [6.07, 6.45) is 9.71. The lowest BCUT2D eigenvalue weighted by atomic mass is 10.0. The molecule has 1 amide bonds. The number of carbonyl (C=O) groups excluding carboxylic acids is 1. The number of fused-ring (bicyclic) bond motifs is 1. The van der Waals surface area contributed by atoms with E-state index in [2.05, 4.69) is 33.1 Å². The lowest BCUT2D eigenvalue weighted by molar-refractivity contribution is -0.127. The van der Waals surface area contributed by atoms with Crippen molar-refractivity contribution in [3.63, 3.8) is 0 Å². The molecule has 148 valence electrons. The average molecular weight is 400 g/mol. The quantitative estimate of drug-likeness (QED) is 0.763. The number of amides is 1. The molecule has 7 heteroatoms. The first-order chi connectivity index (χ1) is 13.6. The molecule has 1 aliphatic carbocycles. The normalized spacial score (nSPS) is 19.1. The number of nitrogens with zero attached hydrogens (tertiary/aromatic N) is 5. The third-order valence-electron chi connectivity index (χ3n) is 4.90. The summed E-state index contributed by atoms with van der Waals surface area (Å²) in [6.45, 7) is 8.07. The SMILES string of the molecule is CC.CC1CN(C(=O)C2=CCCC=C2)CCN1c1nnc(Cl)c2cccnc12. The Morgan fingerprint density at radius 1 is 1.21 bits per heavy atom. The number of allylic oxidation sites excluding steroid dienone is 2. The van der Waals surface area contributed by atoms with E-state index >= 15 is 0 Å². The van der Waals surface area contributed by atoms with Gasteiger partial charge >= 0.3 is 0 Å². The van der Waals surface area contributed by atoms with Gasteiger partial charge in [0.25, 0.3) is 5.91 Å². The molecule has 4 rings (SSSR count). The Labute approximate surface area is 170 Å². The molecule has 2 aromatic rings. The first kappa shape index (κ1) is 20.3. The van der Waals surface area contributed by atoms with Crippen LogP contribution in [0.5, 0.6) is 0 Å². The molecule has 0 saturated carbocycles. The minimum atomic E-state index is 0.109. The first-order valence-corrected chi connectivity index (χ1v) is 10.2. The molecular weight excluding hydrogens is 374 g/mol. The zero-order chi connectivity index (χ0) is 20.1. The van der Waals surface area contributed by atoms with Gasteiger partial charge in [-0.1, -0.05) is 43.7 Å². The number of carbonyl (C=O) groups is 1. The summed E-state index contributed by atoms with van der Waals surface area (Å²) in [6, 6.07) is 3.85. The number of aromatic nitrogens is 3. The highest BCUT2D eigenvalue weighted by molar-refractivity contribution is 6.34. The predicted octanol–water partition coefficient (Wildman–Crippen LogP) is 4.02. The van der Waals surface area contributed by atoms with Gasteiger partial charge in [0.15, 0.2) is 11.0 Å². The lowest BCUT2D eigenvalue weighted by Gasteiger charge is -2.40. The van der Waals surface area contributed by atoms with Crippen LogP contribution in [0.25, 0.3) is 10.9 Å². The van der Waals surface area contributed by atoms with Crippen LogP contribution in [0.3, 0.4) is 0 Å². The van der Waals surface area contributed by atoms with Gasteiger partial charge in [0, 0.05) is 42.8 Å². The van der Waals surface area contributed by atoms with Crippen molar-refractivity contribution in [3.05, 3.63) is 47.3 Å². The van der Waals surface area contributed by atoms with Crippen LogP contribution in [-0.4, -0.2) is 51.7 Å². The van der Waals surface area contributed by atoms with Crippen LogP contribution in [0, 0.1) is 0 Å². The highest BCUT2D eigenvalue weighted by Gasteiger charge is 2.30. The van der Waals surface area contributed by atoms with Crippen molar-refractivity contribution in [2.24, 2.45) is 0 Å². The Morgan fingerprint density at radius 2 is 2.04 bits per heavy atom. The minimum Gasteiger partial charge on any atom is -0.347 e. The second-order valence-electron chi connectivity index (χ2n) is 6.65. The van der Waals surface area contributed by atoms with E-state index in [0.29, 0.717) is 24.8 Å². The van der Waals surface area contributed by atoms with E-state index in [4.69, 9.17) is 11.6 Å². The Balaban J connectivity index is 0.00000109. The number of hydrogen-bond donors (Lipinski definition) is 0. The van der Waals surface area contributed by atoms with Gasteiger partial charge in [-0.15, -0.1) is 10.2 Å². The van der Waals surface area contributed by atoms with Gasteiger partial charge in [0.2, 0.25) is 0 Å². The molecular formula is C21H26ClN5O. The lowest BCUT2D eigenvalue weighted by Crippen LogP contribution is -2.54. The molecule has 1 aliphatic heterocycles. The summed E-state index contributed by atoms with van der Waals surface area (Å²) in [7, 11) is 0. The van der Waals surface area contributed by atoms with Crippen LogP contribution >= 0.6 is 11.6 Å². The predicted molar refractivity (Wildman–Crippen MR) is 114 cm³/mol. The van der Waals surface area contributed by atoms with Crippen molar-refractivity contribution < 1.29 is 4.79 Å². The Hall–Kier alpha value is -2.47. The number of halogens is 1. The van der Waals surface area contributed by atoms with E-state index in [1.54, 1.807) is 6.20 Å². The molecule has 0 N–H and O–H groups in total. The molecule has 0 bridgehead atoms. The van der Waals surface area contributed by atoms with Crippen molar-refractivity contribution in [3.8, 4) is 0 Å². The second-order valence-corrected chi connectivity index (χ2v) is 7.00. The topological polar surface area (TPSA) is 62.2 Å². The highest BCUT2D eigenvalue weighted by Crippen LogP contribution is 2.29. The van der Waals surface area contributed by atoms with Crippen molar-refractivity contribution in [1.82, 2.24) is 20.1 Å². The van der Waals surface area contributed by atoms with Crippen molar-refractivity contribution >= 4 is 34.2 Å². The standard InChI is InChI=1S/C19H20ClN5O.C2H6/c1-13-12-24(19(26)14-6-3-2-4-7-14)10-11-25(13)18-16-15(8-5-9-21-16)17(20)22-23-18;1-2/h3,5-9,13H,2,4,10-12H2,1H3;1-2H3. The second kappa shape index (κ2) is 9.15. The summed E-state index contributed by atoms with van der Waals surface area (Å²) < 4.78 is 0. The van der Waals surface area contributed by atoms with Crippen LogP contribution < -0.4 is 4.90 Å². The van der Waals surface area contributed by atoms with Crippen molar-refractivity contribution in [1.29, 1.82) is 0 Å². The largest absolute Gasteiger partial charge is 0.347 e. The zero-order valence-electron chi connectivity index (χ0n) is 16.6. The minimum absolute atomic E-state index is 0.109. The molecule has 1 fully saturated rings. The zero-order valence-corrected chi connectivity index (χ0v) is 17.4. The molecule has 28 heavy (non-hydrogen) atoms. The third kappa shape index (κ3) is 4.02. The third-order valence-corrected chi connectivity index (χ3v) is 5.18. The van der Waals surface area contributed by atoms with Gasteiger partial charge in [0.05, 0.1) is 0 Å². The fourth-order valence-electron chi connectivity index (χ4n) is 3.55. The maximum absolute atomic E-state index is 12.7. The number of rotatable bonds is 2. The Kier molecular flexibility index (Phi) is 6.62. The van der Waals surface area contributed by atoms with E-state index < -0.39 is 0 Å². The maximum Gasteiger partial charge on any atom is 0.253 e. The monoisotopic (exact) mass is 399 g/mol. The van der Waals surface area contributed by atoms with Crippen molar-refractivity contribution in [2.75, 3.05) is 24.5 Å². The van der Waals surface area contributed by atoms with Gasteiger partial charge in [-0.2, -0.15) is 0 Å². The molecule has 1 saturated heterocycles. The Bertz CT molecular complexity index is 911. The van der Waals surface area contributed by atoms with Crippen LogP contribution in [-0.2, 0) is 4.79 Å². The van der Waals surface area contributed by atoms with E-state index in [-0.39, 0.29) is 11.9 Å². The number of pyridine rings is 1. The molecule has 1 unspecified atom stereocenters. The highest BCUT2D eigenvalue weighted by atomic mass is 35.5. The van der Waals surface area contributed by atoms with Gasteiger partial charge in [0.1, 0.15) is 5.52 Å². The number of hydrogen-bond acceptors (Lipinski definition) is 5. The number of piperazine rings is 1. The van der Waals surface area contributed by atoms with E-state index in [1.807, 2.05) is 43.0 Å². The van der Waals surface area contributed by atoms with Gasteiger partial charge in [-0.25, -0.2) is 0 Å². The van der Waals surface area contributed by atoms with E-state index in [9.17, 15) is 4.79 Å². The smallest absolute Gasteiger partial charge is 0.253 e.